The highest BCUT2D eigenvalue weighted by molar-refractivity contribution is 6.36. The molecule has 0 aromatic heterocycles. The van der Waals surface area contributed by atoms with E-state index in [0.29, 0.717) is 34.4 Å². The highest BCUT2D eigenvalue weighted by Crippen LogP contribution is 2.30. The summed E-state index contributed by atoms with van der Waals surface area (Å²) in [6.45, 7) is 1.92. The zero-order chi connectivity index (χ0) is 25.2. The van der Waals surface area contributed by atoms with Gasteiger partial charge in [0.05, 0.1) is 30.5 Å². The van der Waals surface area contributed by atoms with E-state index in [1.807, 2.05) is 0 Å². The fraction of sp³-hybridized carbons (Fsp3) is 0.160. The number of rotatable bonds is 10. The molecule has 3 aromatic rings. The molecule has 3 rings (SSSR count). The molecule has 10 heteroatoms. The number of carbonyl (C=O) groups is 2. The third-order valence-corrected chi connectivity index (χ3v) is 5.00. The highest BCUT2D eigenvalue weighted by atomic mass is 35.5. The lowest BCUT2D eigenvalue weighted by Gasteiger charge is -2.12. The number of methoxy groups -OCH3 is 1. The summed E-state index contributed by atoms with van der Waals surface area (Å²) in [4.78, 5) is 24.5. The van der Waals surface area contributed by atoms with E-state index in [-0.39, 0.29) is 22.9 Å². The molecule has 0 aliphatic rings. The molecule has 0 radical (unpaired) electrons. The summed E-state index contributed by atoms with van der Waals surface area (Å²) in [6, 6.07) is 16.2. The van der Waals surface area contributed by atoms with Gasteiger partial charge in [-0.2, -0.15) is 5.10 Å². The second-order valence-corrected chi connectivity index (χ2v) is 7.75. The molecule has 0 fully saturated rings. The number of ether oxygens (including phenoxy) is 4. The maximum absolute atomic E-state index is 12.5. The summed E-state index contributed by atoms with van der Waals surface area (Å²) in [5.41, 5.74) is 3.16. The van der Waals surface area contributed by atoms with Crippen LogP contribution in [-0.2, 0) is 4.79 Å². The minimum atomic E-state index is -0.654. The van der Waals surface area contributed by atoms with Crippen molar-refractivity contribution < 1.29 is 28.5 Å². The van der Waals surface area contributed by atoms with Gasteiger partial charge in [-0.1, -0.05) is 23.2 Å². The Balaban J connectivity index is 1.59. The van der Waals surface area contributed by atoms with E-state index in [4.69, 9.17) is 42.1 Å². The van der Waals surface area contributed by atoms with Gasteiger partial charge >= 0.3 is 5.97 Å². The maximum Gasteiger partial charge on any atom is 0.345 e. The number of hydrazone groups is 1. The average molecular weight is 517 g/mol. The Kier molecular flexibility index (Phi) is 9.34. The van der Waals surface area contributed by atoms with E-state index < -0.39 is 11.9 Å². The third-order valence-electron chi connectivity index (χ3n) is 4.45. The molecule has 8 nitrogen and oxygen atoms in total. The SMILES string of the molecule is CCOc1cc(/C=N/NC(=O)COc2ccc(OC)cc2)ccc1OC(=O)c1ccc(Cl)cc1Cl. The van der Waals surface area contributed by atoms with Crippen LogP contribution in [0.5, 0.6) is 23.0 Å². The zero-order valence-corrected chi connectivity index (χ0v) is 20.4. The second-order valence-electron chi connectivity index (χ2n) is 6.91. The molecule has 0 aliphatic carbocycles. The molecule has 0 heterocycles. The molecule has 0 saturated heterocycles. The molecule has 0 bridgehead atoms. The zero-order valence-electron chi connectivity index (χ0n) is 18.9. The van der Waals surface area contributed by atoms with Gasteiger partial charge in [-0.3, -0.25) is 4.79 Å². The van der Waals surface area contributed by atoms with Gasteiger partial charge in [-0.05, 0) is 73.2 Å². The first-order valence-corrected chi connectivity index (χ1v) is 11.2. The van der Waals surface area contributed by atoms with Crippen LogP contribution in [0.4, 0.5) is 0 Å². The van der Waals surface area contributed by atoms with Gasteiger partial charge in [0.15, 0.2) is 18.1 Å². The Bertz CT molecular complexity index is 1220. The predicted molar refractivity (Wildman–Crippen MR) is 133 cm³/mol. The van der Waals surface area contributed by atoms with Crippen molar-refractivity contribution in [2.24, 2.45) is 5.10 Å². The van der Waals surface area contributed by atoms with Crippen LogP contribution in [0.25, 0.3) is 0 Å². The third kappa shape index (κ3) is 7.63. The molecule has 1 amide bonds. The van der Waals surface area contributed by atoms with Crippen LogP contribution >= 0.6 is 23.2 Å². The lowest BCUT2D eigenvalue weighted by molar-refractivity contribution is -0.123. The van der Waals surface area contributed by atoms with E-state index in [2.05, 4.69) is 10.5 Å². The van der Waals surface area contributed by atoms with Gasteiger partial charge in [0, 0.05) is 5.02 Å². The van der Waals surface area contributed by atoms with Gasteiger partial charge in [-0.25, -0.2) is 10.2 Å². The number of amides is 1. The number of hydrogen-bond donors (Lipinski definition) is 1. The molecule has 1 N–H and O–H groups in total. The van der Waals surface area contributed by atoms with Gasteiger partial charge < -0.3 is 18.9 Å². The Hall–Kier alpha value is -3.75. The van der Waals surface area contributed by atoms with E-state index in [1.54, 1.807) is 62.6 Å². The van der Waals surface area contributed by atoms with E-state index in [1.165, 1.54) is 18.3 Å². The van der Waals surface area contributed by atoms with Crippen molar-refractivity contribution in [1.29, 1.82) is 0 Å². The molecule has 0 unspecified atom stereocenters. The molecular formula is C25H22Cl2N2O6. The largest absolute Gasteiger partial charge is 0.497 e. The Labute approximate surface area is 212 Å². The number of carbonyl (C=O) groups excluding carboxylic acids is 2. The van der Waals surface area contributed by atoms with Crippen LogP contribution in [0.15, 0.2) is 65.8 Å². The molecular weight excluding hydrogens is 495 g/mol. The number of hydrogen-bond acceptors (Lipinski definition) is 7. The van der Waals surface area contributed by atoms with Crippen molar-refractivity contribution in [3.05, 3.63) is 81.8 Å². The van der Waals surface area contributed by atoms with Crippen molar-refractivity contribution in [2.75, 3.05) is 20.3 Å². The van der Waals surface area contributed by atoms with Crippen LogP contribution < -0.4 is 24.4 Å². The van der Waals surface area contributed by atoms with Crippen LogP contribution in [0.3, 0.4) is 0 Å². The topological polar surface area (TPSA) is 95.5 Å². The number of halogens is 2. The predicted octanol–water partition coefficient (Wildman–Crippen LogP) is 5.15. The first-order chi connectivity index (χ1) is 16.9. The minimum Gasteiger partial charge on any atom is -0.497 e. The van der Waals surface area contributed by atoms with Crippen LogP contribution in [-0.4, -0.2) is 38.4 Å². The van der Waals surface area contributed by atoms with Crippen molar-refractivity contribution in [3.8, 4) is 23.0 Å². The number of nitrogens with one attached hydrogen (secondary N) is 1. The summed E-state index contributed by atoms with van der Waals surface area (Å²) < 4.78 is 21.5. The Morgan fingerprint density at radius 2 is 1.69 bits per heavy atom. The fourth-order valence-corrected chi connectivity index (χ4v) is 3.29. The number of nitrogens with zero attached hydrogens (tertiary/aromatic N) is 1. The smallest absolute Gasteiger partial charge is 0.345 e. The summed E-state index contributed by atoms with van der Waals surface area (Å²) in [7, 11) is 1.57. The van der Waals surface area contributed by atoms with Gasteiger partial charge in [0.1, 0.15) is 11.5 Å². The van der Waals surface area contributed by atoms with Crippen LogP contribution in [0.2, 0.25) is 10.0 Å². The first kappa shape index (κ1) is 25.9. The lowest BCUT2D eigenvalue weighted by Crippen LogP contribution is -2.24. The van der Waals surface area contributed by atoms with E-state index in [9.17, 15) is 9.59 Å². The van der Waals surface area contributed by atoms with Gasteiger partial charge in [-0.15, -0.1) is 0 Å². The first-order valence-electron chi connectivity index (χ1n) is 10.4. The summed E-state index contributed by atoms with van der Waals surface area (Å²) in [6.07, 6.45) is 1.43. The fourth-order valence-electron chi connectivity index (χ4n) is 2.80. The standard InChI is InChI=1S/C25H22Cl2N2O6/c1-3-33-23-12-16(4-11-22(23)35-25(31)20-10-5-17(26)13-21(20)27)14-28-29-24(30)15-34-19-8-6-18(32-2)7-9-19/h4-14H,3,15H2,1-2H3,(H,29,30)/b28-14+. The van der Waals surface area contributed by atoms with Gasteiger partial charge in [0.25, 0.3) is 5.91 Å². The summed E-state index contributed by atoms with van der Waals surface area (Å²) in [5.74, 6) is 0.648. The molecule has 0 spiro atoms. The quantitative estimate of drug-likeness (QED) is 0.173. The van der Waals surface area contributed by atoms with Crippen molar-refractivity contribution in [1.82, 2.24) is 5.43 Å². The Morgan fingerprint density at radius 3 is 2.37 bits per heavy atom. The summed E-state index contributed by atoms with van der Waals surface area (Å²) >= 11 is 12.0. The van der Waals surface area contributed by atoms with E-state index >= 15 is 0 Å². The van der Waals surface area contributed by atoms with Crippen molar-refractivity contribution >= 4 is 41.3 Å². The molecule has 3 aromatic carbocycles. The molecule has 0 aliphatic heterocycles. The molecule has 0 atom stereocenters. The minimum absolute atomic E-state index is 0.170. The normalized spacial score (nSPS) is 10.6. The molecule has 0 saturated carbocycles. The van der Waals surface area contributed by atoms with Gasteiger partial charge in [0.2, 0.25) is 0 Å². The number of benzene rings is 3. The number of esters is 1. The van der Waals surface area contributed by atoms with E-state index in [0.717, 1.165) is 0 Å². The molecule has 182 valence electrons. The van der Waals surface area contributed by atoms with Crippen LogP contribution in [0.1, 0.15) is 22.8 Å². The summed E-state index contributed by atoms with van der Waals surface area (Å²) in [5, 5.41) is 4.51. The maximum atomic E-state index is 12.5. The van der Waals surface area contributed by atoms with Crippen molar-refractivity contribution in [2.45, 2.75) is 6.92 Å². The lowest BCUT2D eigenvalue weighted by atomic mass is 10.2. The van der Waals surface area contributed by atoms with Crippen LogP contribution in [0, 0.1) is 0 Å². The van der Waals surface area contributed by atoms with Crippen molar-refractivity contribution in [3.63, 3.8) is 0 Å². The Morgan fingerprint density at radius 1 is 0.943 bits per heavy atom. The highest BCUT2D eigenvalue weighted by Gasteiger charge is 2.16. The second kappa shape index (κ2) is 12.6. The molecule has 35 heavy (non-hydrogen) atoms. The monoisotopic (exact) mass is 516 g/mol. The average Bonchev–Trinajstić information content (AvgIpc) is 2.84.